The second-order valence-electron chi connectivity index (χ2n) is 8.59. The van der Waals surface area contributed by atoms with Gasteiger partial charge in [0, 0.05) is 31.9 Å². The van der Waals surface area contributed by atoms with Crippen LogP contribution in [0.15, 0.2) is 12.3 Å². The lowest BCUT2D eigenvalue weighted by atomic mass is 10.0. The van der Waals surface area contributed by atoms with Gasteiger partial charge in [0.2, 0.25) is 5.95 Å². The maximum absolute atomic E-state index is 11.2. The van der Waals surface area contributed by atoms with E-state index in [0.717, 1.165) is 15.9 Å². The molecular formula is C22H30N6O4S. The van der Waals surface area contributed by atoms with Gasteiger partial charge in [0.25, 0.3) is 0 Å². The molecule has 3 aromatic heterocycles. The molecule has 1 aliphatic rings. The van der Waals surface area contributed by atoms with Crippen LogP contribution in [-0.4, -0.2) is 73.4 Å². The second-order valence-corrected chi connectivity index (χ2v) is 9.63. The zero-order valence-electron chi connectivity index (χ0n) is 19.2. The van der Waals surface area contributed by atoms with Crippen molar-refractivity contribution in [2.24, 2.45) is 5.92 Å². The normalized spacial score (nSPS) is 23.7. The Labute approximate surface area is 196 Å². The molecule has 1 saturated carbocycles. The lowest BCUT2D eigenvalue weighted by molar-refractivity contribution is -0.0545. The molecular weight excluding hydrogens is 444 g/mol. The van der Waals surface area contributed by atoms with Gasteiger partial charge in [-0.05, 0) is 39.7 Å². The summed E-state index contributed by atoms with van der Waals surface area (Å²) in [6, 6.07) is 1.87. The van der Waals surface area contributed by atoms with Crippen LogP contribution in [0.5, 0.6) is 0 Å². The number of anilines is 2. The molecule has 0 bridgehead atoms. The first-order valence-corrected chi connectivity index (χ1v) is 11.7. The van der Waals surface area contributed by atoms with E-state index >= 15 is 0 Å². The predicted octanol–water partition coefficient (Wildman–Crippen LogP) is 2.08. The molecule has 0 aromatic carbocycles. The van der Waals surface area contributed by atoms with Crippen LogP contribution < -0.4 is 10.6 Å². The predicted molar refractivity (Wildman–Crippen MR) is 127 cm³/mol. The van der Waals surface area contributed by atoms with Gasteiger partial charge in [0.05, 0.1) is 28.3 Å². The maximum Gasteiger partial charge on any atom is 0.225 e. The molecule has 0 saturated heterocycles. The highest BCUT2D eigenvalue weighted by Gasteiger charge is 2.47. The van der Waals surface area contributed by atoms with Gasteiger partial charge in [-0.3, -0.25) is 4.98 Å². The van der Waals surface area contributed by atoms with Crippen molar-refractivity contribution in [2.45, 2.75) is 51.5 Å². The number of pyridine rings is 1. The minimum absolute atomic E-state index is 0.0387. The Kier molecular flexibility index (Phi) is 6.78. The van der Waals surface area contributed by atoms with Crippen molar-refractivity contribution in [2.75, 3.05) is 31.0 Å². The third kappa shape index (κ3) is 4.64. The molecule has 3 aromatic rings. The molecule has 1 fully saturated rings. The first-order chi connectivity index (χ1) is 15.8. The van der Waals surface area contributed by atoms with Gasteiger partial charge in [-0.25, -0.2) is 9.97 Å². The molecule has 178 valence electrons. The number of ether oxygens (including phenoxy) is 1. The zero-order chi connectivity index (χ0) is 23.8. The van der Waals surface area contributed by atoms with E-state index in [1.54, 1.807) is 13.3 Å². The molecule has 10 nitrogen and oxygen atoms in total. The number of hydrogen-bond donors (Lipinski definition) is 5. The Morgan fingerprint density at radius 2 is 2.06 bits per heavy atom. The van der Waals surface area contributed by atoms with Crippen LogP contribution in [0.1, 0.15) is 31.2 Å². The average Bonchev–Trinajstić information content (AvgIpc) is 3.30. The summed E-state index contributed by atoms with van der Waals surface area (Å²) in [7, 11) is 1.62. The van der Waals surface area contributed by atoms with Gasteiger partial charge in [-0.15, -0.1) is 11.3 Å². The molecule has 0 amide bonds. The number of fused-ring (bicyclic) bond motifs is 1. The third-order valence-corrected chi connectivity index (χ3v) is 7.03. The van der Waals surface area contributed by atoms with Gasteiger partial charge in [-0.1, -0.05) is 0 Å². The largest absolute Gasteiger partial charge is 0.396 e. The van der Waals surface area contributed by atoms with Crippen molar-refractivity contribution < 1.29 is 20.1 Å². The fourth-order valence-corrected chi connectivity index (χ4v) is 5.33. The summed E-state index contributed by atoms with van der Waals surface area (Å²) in [4.78, 5) is 18.4. The van der Waals surface area contributed by atoms with Crippen molar-refractivity contribution in [3.63, 3.8) is 0 Å². The smallest absolute Gasteiger partial charge is 0.225 e. The van der Waals surface area contributed by atoms with Crippen LogP contribution in [0.4, 0.5) is 11.8 Å². The summed E-state index contributed by atoms with van der Waals surface area (Å²) in [5.41, 5.74) is 1.31. The zero-order valence-corrected chi connectivity index (χ0v) is 20.0. The number of aliphatic hydroxyl groups is 3. The number of methoxy groups -OCH3 is 1. The molecule has 33 heavy (non-hydrogen) atoms. The molecule has 0 aliphatic heterocycles. The number of aromatic nitrogens is 4. The van der Waals surface area contributed by atoms with E-state index in [1.807, 2.05) is 26.8 Å². The quantitative estimate of drug-likeness (QED) is 0.308. The van der Waals surface area contributed by atoms with Crippen molar-refractivity contribution in [1.82, 2.24) is 19.9 Å². The van der Waals surface area contributed by atoms with Crippen molar-refractivity contribution >= 4 is 33.3 Å². The minimum atomic E-state index is -1.63. The lowest BCUT2D eigenvalue weighted by Crippen LogP contribution is -2.48. The number of nitrogens with one attached hydrogen (secondary N) is 2. The Bertz CT molecular complexity index is 1140. The fourth-order valence-electron chi connectivity index (χ4n) is 4.22. The van der Waals surface area contributed by atoms with Gasteiger partial charge >= 0.3 is 0 Å². The van der Waals surface area contributed by atoms with Crippen LogP contribution >= 0.6 is 11.3 Å². The third-order valence-electron chi connectivity index (χ3n) is 5.99. The molecule has 4 unspecified atom stereocenters. The second kappa shape index (κ2) is 9.43. The minimum Gasteiger partial charge on any atom is -0.396 e. The summed E-state index contributed by atoms with van der Waals surface area (Å²) in [5.74, 6) is 0.320. The van der Waals surface area contributed by atoms with Crippen molar-refractivity contribution in [1.29, 1.82) is 0 Å². The fraction of sp³-hybridized carbons (Fsp3) is 0.545. The van der Waals surface area contributed by atoms with E-state index in [4.69, 9.17) is 9.72 Å². The highest BCUT2D eigenvalue weighted by atomic mass is 32.1. The monoisotopic (exact) mass is 474 g/mol. The summed E-state index contributed by atoms with van der Waals surface area (Å²) in [5, 5.41) is 38.4. The van der Waals surface area contributed by atoms with Crippen molar-refractivity contribution in [3.8, 4) is 10.6 Å². The first kappa shape index (κ1) is 23.7. The Balaban J connectivity index is 1.80. The number of thiazole rings is 1. The Morgan fingerprint density at radius 1 is 1.27 bits per heavy atom. The molecule has 0 spiro atoms. The van der Waals surface area contributed by atoms with Crippen molar-refractivity contribution in [3.05, 3.63) is 23.7 Å². The lowest BCUT2D eigenvalue weighted by Gasteiger charge is -2.31. The number of hydrogen-bond acceptors (Lipinski definition) is 11. The SMILES string of the molecule is COCC(C)Nc1nc(C)c(-c2nc3c(C)nccc3s2)c(NC2(O)CCC(CO)C2O)n1. The maximum atomic E-state index is 11.2. The molecule has 5 N–H and O–H groups in total. The van der Waals surface area contributed by atoms with E-state index in [9.17, 15) is 15.3 Å². The number of rotatable bonds is 8. The Hall–Kier alpha value is -2.44. The number of aliphatic hydroxyl groups excluding tert-OH is 2. The first-order valence-electron chi connectivity index (χ1n) is 10.9. The van der Waals surface area contributed by atoms with Gasteiger partial charge in [-0.2, -0.15) is 4.98 Å². The summed E-state index contributed by atoms with van der Waals surface area (Å²) in [6.45, 7) is 5.99. The highest BCUT2D eigenvalue weighted by molar-refractivity contribution is 7.21. The summed E-state index contributed by atoms with van der Waals surface area (Å²) in [6.07, 6.45) is 1.37. The standard InChI is InChI=1S/C22H30N6O4S/c1-11(10-32-4)24-21-25-12(2)16(20-26-17-13(3)23-8-6-15(17)33-20)19(27-21)28-22(31)7-5-14(9-29)18(22)30/h6,8,11,14,18,29-31H,5,7,9-10H2,1-4H3,(H2,24,25,27,28). The highest BCUT2D eigenvalue weighted by Crippen LogP contribution is 2.40. The van der Waals surface area contributed by atoms with Crippen LogP contribution in [0, 0.1) is 19.8 Å². The van der Waals surface area contributed by atoms with Crippen LogP contribution in [-0.2, 0) is 4.74 Å². The summed E-state index contributed by atoms with van der Waals surface area (Å²) >= 11 is 1.49. The van der Waals surface area contributed by atoms with E-state index in [0.29, 0.717) is 41.1 Å². The number of aryl methyl sites for hydroxylation is 2. The van der Waals surface area contributed by atoms with E-state index in [-0.39, 0.29) is 19.1 Å². The average molecular weight is 475 g/mol. The molecule has 3 heterocycles. The summed E-state index contributed by atoms with van der Waals surface area (Å²) < 4.78 is 6.18. The molecule has 4 atom stereocenters. The van der Waals surface area contributed by atoms with Gasteiger partial charge < -0.3 is 30.7 Å². The molecule has 4 rings (SSSR count). The van der Waals surface area contributed by atoms with Crippen LogP contribution in [0.2, 0.25) is 0 Å². The van der Waals surface area contributed by atoms with E-state index in [1.165, 1.54) is 11.3 Å². The van der Waals surface area contributed by atoms with E-state index < -0.39 is 17.7 Å². The Morgan fingerprint density at radius 3 is 2.73 bits per heavy atom. The topological polar surface area (TPSA) is 146 Å². The molecule has 11 heteroatoms. The van der Waals surface area contributed by atoms with Crippen LogP contribution in [0.25, 0.3) is 20.8 Å². The molecule has 0 radical (unpaired) electrons. The van der Waals surface area contributed by atoms with E-state index in [2.05, 4.69) is 25.6 Å². The van der Waals surface area contributed by atoms with Gasteiger partial charge in [0.15, 0.2) is 5.72 Å². The number of nitrogens with zero attached hydrogens (tertiary/aromatic N) is 4. The molecule has 1 aliphatic carbocycles. The van der Waals surface area contributed by atoms with Gasteiger partial charge in [0.1, 0.15) is 22.4 Å². The van der Waals surface area contributed by atoms with Crippen LogP contribution in [0.3, 0.4) is 0 Å².